The summed E-state index contributed by atoms with van der Waals surface area (Å²) in [6.45, 7) is 2.51. The fraction of sp³-hybridized carbons (Fsp3) is 0.143. The van der Waals surface area contributed by atoms with Gasteiger partial charge in [0.15, 0.2) is 6.29 Å². The van der Waals surface area contributed by atoms with Gasteiger partial charge in [0.25, 0.3) is 0 Å². The van der Waals surface area contributed by atoms with Crippen LogP contribution >= 0.6 is 0 Å². The van der Waals surface area contributed by atoms with E-state index in [1.165, 1.54) is 0 Å². The fourth-order valence-electron chi connectivity index (χ4n) is 1.68. The van der Waals surface area contributed by atoms with Crippen LogP contribution in [0.1, 0.15) is 17.3 Å². The lowest BCUT2D eigenvalue weighted by Gasteiger charge is -2.10. The maximum atomic E-state index is 11.0. The van der Waals surface area contributed by atoms with Crippen molar-refractivity contribution in [3.63, 3.8) is 0 Å². The highest BCUT2D eigenvalue weighted by atomic mass is 16.5. The number of carbonyl (C=O) groups is 1. The summed E-state index contributed by atoms with van der Waals surface area (Å²) < 4.78 is 5.53. The Morgan fingerprint density at radius 1 is 1.24 bits per heavy atom. The molecule has 86 valence electrons. The first-order chi connectivity index (χ1) is 8.36. The molecule has 0 N–H and O–H groups in total. The molecule has 0 aliphatic heterocycles. The van der Waals surface area contributed by atoms with Gasteiger partial charge in [0.2, 0.25) is 0 Å². The van der Waals surface area contributed by atoms with Gasteiger partial charge in [0, 0.05) is 17.3 Å². The molecule has 2 aromatic rings. The highest BCUT2D eigenvalue weighted by Crippen LogP contribution is 2.29. The van der Waals surface area contributed by atoms with Gasteiger partial charge in [-0.05, 0) is 31.2 Å². The Hall–Kier alpha value is -2.16. The van der Waals surface area contributed by atoms with Crippen molar-refractivity contribution >= 4 is 6.29 Å². The average molecular weight is 227 g/mol. The molecule has 0 fully saturated rings. The summed E-state index contributed by atoms with van der Waals surface area (Å²) >= 11 is 0. The molecule has 0 unspecified atom stereocenters. The van der Waals surface area contributed by atoms with E-state index in [1.54, 1.807) is 18.3 Å². The molecule has 0 aliphatic carbocycles. The number of carbonyl (C=O) groups excluding carboxylic acids is 1. The summed E-state index contributed by atoms with van der Waals surface area (Å²) in [6, 6.07) is 11.1. The van der Waals surface area contributed by atoms with Gasteiger partial charge in [0.1, 0.15) is 5.75 Å². The first kappa shape index (κ1) is 11.3. The Labute approximate surface area is 100 Å². The Morgan fingerprint density at radius 2 is 2.06 bits per heavy atom. The van der Waals surface area contributed by atoms with Crippen molar-refractivity contribution < 1.29 is 9.53 Å². The Morgan fingerprint density at radius 3 is 2.82 bits per heavy atom. The largest absolute Gasteiger partial charge is 0.493 e. The van der Waals surface area contributed by atoms with Crippen molar-refractivity contribution in [2.75, 3.05) is 6.61 Å². The molecule has 0 radical (unpaired) electrons. The summed E-state index contributed by atoms with van der Waals surface area (Å²) in [4.78, 5) is 15.2. The number of nitrogens with zero attached hydrogens (tertiary/aromatic N) is 1. The van der Waals surface area contributed by atoms with E-state index in [0.717, 1.165) is 17.6 Å². The number of hydrogen-bond acceptors (Lipinski definition) is 3. The molecule has 0 aliphatic rings. The van der Waals surface area contributed by atoms with Crippen LogP contribution in [0.2, 0.25) is 0 Å². The van der Waals surface area contributed by atoms with Crippen LogP contribution < -0.4 is 4.74 Å². The van der Waals surface area contributed by atoms with Crippen LogP contribution in [-0.4, -0.2) is 17.9 Å². The van der Waals surface area contributed by atoms with Crippen LogP contribution in [0.5, 0.6) is 5.75 Å². The summed E-state index contributed by atoms with van der Waals surface area (Å²) in [5, 5.41) is 0. The molecule has 0 bridgehead atoms. The first-order valence-electron chi connectivity index (χ1n) is 5.49. The quantitative estimate of drug-likeness (QED) is 0.754. The topological polar surface area (TPSA) is 39.2 Å². The number of aromatic nitrogens is 1. The van der Waals surface area contributed by atoms with Crippen molar-refractivity contribution in [3.8, 4) is 17.0 Å². The normalized spacial score (nSPS) is 9.94. The third-order valence-corrected chi connectivity index (χ3v) is 2.41. The third-order valence-electron chi connectivity index (χ3n) is 2.41. The zero-order valence-electron chi connectivity index (χ0n) is 9.59. The zero-order chi connectivity index (χ0) is 12.1. The van der Waals surface area contributed by atoms with E-state index in [9.17, 15) is 4.79 Å². The predicted molar refractivity (Wildman–Crippen MR) is 66.2 cm³/mol. The van der Waals surface area contributed by atoms with Gasteiger partial charge in [-0.3, -0.25) is 9.78 Å². The molecule has 17 heavy (non-hydrogen) atoms. The number of benzene rings is 1. The number of rotatable bonds is 4. The van der Waals surface area contributed by atoms with Crippen LogP contribution in [-0.2, 0) is 0 Å². The minimum atomic E-state index is 0.569. The van der Waals surface area contributed by atoms with Crippen LogP contribution in [0.3, 0.4) is 0 Å². The van der Waals surface area contributed by atoms with Crippen molar-refractivity contribution in [1.82, 2.24) is 4.98 Å². The lowest BCUT2D eigenvalue weighted by Crippen LogP contribution is -1.97. The molecule has 0 amide bonds. The number of ether oxygens (including phenoxy) is 1. The number of pyridine rings is 1. The van der Waals surface area contributed by atoms with E-state index < -0.39 is 0 Å². The van der Waals surface area contributed by atoms with E-state index in [4.69, 9.17) is 4.74 Å². The molecular weight excluding hydrogens is 214 g/mol. The lowest BCUT2D eigenvalue weighted by molar-refractivity contribution is 0.112. The van der Waals surface area contributed by atoms with Crippen molar-refractivity contribution in [2.24, 2.45) is 0 Å². The summed E-state index contributed by atoms with van der Waals surface area (Å²) in [7, 11) is 0. The SMILES string of the molecule is CCOc1ccccc1-c1ncccc1C=O. The van der Waals surface area contributed by atoms with Crippen molar-refractivity contribution in [3.05, 3.63) is 48.2 Å². The van der Waals surface area contributed by atoms with Gasteiger partial charge in [-0.25, -0.2) is 0 Å². The van der Waals surface area contributed by atoms with Gasteiger partial charge in [-0.15, -0.1) is 0 Å². The Balaban J connectivity index is 2.55. The maximum Gasteiger partial charge on any atom is 0.152 e. The smallest absolute Gasteiger partial charge is 0.152 e. The molecule has 0 atom stereocenters. The molecule has 0 saturated carbocycles. The average Bonchev–Trinajstić information content (AvgIpc) is 2.40. The van der Waals surface area contributed by atoms with E-state index in [-0.39, 0.29) is 0 Å². The van der Waals surface area contributed by atoms with E-state index in [0.29, 0.717) is 17.9 Å². The Bertz CT molecular complexity index is 523. The highest BCUT2D eigenvalue weighted by Gasteiger charge is 2.10. The standard InChI is InChI=1S/C14H13NO2/c1-2-17-13-8-4-3-7-12(13)14-11(10-16)6-5-9-15-14/h3-10H,2H2,1H3. The van der Waals surface area contributed by atoms with Gasteiger partial charge < -0.3 is 4.74 Å². The second-order valence-electron chi connectivity index (χ2n) is 3.49. The van der Waals surface area contributed by atoms with Gasteiger partial charge in [-0.1, -0.05) is 12.1 Å². The zero-order valence-corrected chi connectivity index (χ0v) is 9.59. The van der Waals surface area contributed by atoms with Gasteiger partial charge >= 0.3 is 0 Å². The number of aldehydes is 1. The molecule has 1 aromatic carbocycles. The molecule has 0 spiro atoms. The predicted octanol–water partition coefficient (Wildman–Crippen LogP) is 2.96. The highest BCUT2D eigenvalue weighted by molar-refractivity contribution is 5.87. The van der Waals surface area contributed by atoms with Crippen molar-refractivity contribution in [1.29, 1.82) is 0 Å². The molecule has 3 nitrogen and oxygen atoms in total. The number of para-hydroxylation sites is 1. The molecule has 1 aromatic heterocycles. The first-order valence-corrected chi connectivity index (χ1v) is 5.49. The minimum absolute atomic E-state index is 0.569. The second kappa shape index (κ2) is 5.25. The molecular formula is C14H13NO2. The van der Waals surface area contributed by atoms with Crippen LogP contribution in [0, 0.1) is 0 Å². The molecule has 1 heterocycles. The second-order valence-corrected chi connectivity index (χ2v) is 3.49. The molecule has 3 heteroatoms. The lowest BCUT2D eigenvalue weighted by atomic mass is 10.1. The van der Waals surface area contributed by atoms with E-state index in [1.807, 2.05) is 31.2 Å². The van der Waals surface area contributed by atoms with Crippen LogP contribution in [0.4, 0.5) is 0 Å². The minimum Gasteiger partial charge on any atom is -0.493 e. The van der Waals surface area contributed by atoms with Crippen LogP contribution in [0.25, 0.3) is 11.3 Å². The maximum absolute atomic E-state index is 11.0. The fourth-order valence-corrected chi connectivity index (χ4v) is 1.68. The van der Waals surface area contributed by atoms with Crippen LogP contribution in [0.15, 0.2) is 42.6 Å². The third kappa shape index (κ3) is 2.33. The monoisotopic (exact) mass is 227 g/mol. The van der Waals surface area contributed by atoms with E-state index >= 15 is 0 Å². The summed E-state index contributed by atoms with van der Waals surface area (Å²) in [6.07, 6.45) is 2.48. The summed E-state index contributed by atoms with van der Waals surface area (Å²) in [5.74, 6) is 0.747. The molecule has 2 rings (SSSR count). The summed E-state index contributed by atoms with van der Waals surface area (Å²) in [5.41, 5.74) is 2.07. The van der Waals surface area contributed by atoms with Gasteiger partial charge in [0.05, 0.1) is 12.3 Å². The molecule has 0 saturated heterocycles. The van der Waals surface area contributed by atoms with E-state index in [2.05, 4.69) is 4.98 Å². The van der Waals surface area contributed by atoms with Gasteiger partial charge in [-0.2, -0.15) is 0 Å². The Kier molecular flexibility index (Phi) is 3.50. The number of hydrogen-bond donors (Lipinski definition) is 0. The van der Waals surface area contributed by atoms with Crippen molar-refractivity contribution in [2.45, 2.75) is 6.92 Å².